The Bertz CT molecular complexity index is 940. The Hall–Kier alpha value is -2.88. The van der Waals surface area contributed by atoms with Gasteiger partial charge in [-0.2, -0.15) is 0 Å². The van der Waals surface area contributed by atoms with Crippen molar-refractivity contribution in [3.63, 3.8) is 0 Å². The van der Waals surface area contributed by atoms with Crippen LogP contribution in [0.4, 0.5) is 13.2 Å². The van der Waals surface area contributed by atoms with Crippen molar-refractivity contribution in [3.05, 3.63) is 47.5 Å². The normalized spacial score (nSPS) is 17.1. The molecule has 0 aliphatic carbocycles. The molecule has 0 radical (unpaired) electrons. The summed E-state index contributed by atoms with van der Waals surface area (Å²) in [5, 5.41) is 0. The average molecular weight is 437 g/mol. The van der Waals surface area contributed by atoms with Crippen LogP contribution in [0.3, 0.4) is 0 Å². The molecule has 4 rings (SSSR count). The molecule has 3 heterocycles. The van der Waals surface area contributed by atoms with E-state index in [1.54, 1.807) is 17.9 Å². The summed E-state index contributed by atoms with van der Waals surface area (Å²) in [6, 6.07) is 4.18. The fourth-order valence-electron chi connectivity index (χ4n) is 3.72. The van der Waals surface area contributed by atoms with Gasteiger partial charge in [0, 0.05) is 31.4 Å². The van der Waals surface area contributed by atoms with Gasteiger partial charge in [-0.1, -0.05) is 0 Å². The Morgan fingerprint density at radius 2 is 1.87 bits per heavy atom. The smallest absolute Gasteiger partial charge is 0.494 e. The van der Waals surface area contributed by atoms with E-state index in [4.69, 9.17) is 9.47 Å². The van der Waals surface area contributed by atoms with Crippen LogP contribution in [0, 0.1) is 0 Å². The minimum absolute atomic E-state index is 0.112. The van der Waals surface area contributed by atoms with E-state index >= 15 is 0 Å². The Balaban J connectivity index is 1.40. The molecule has 2 aliphatic heterocycles. The third-order valence-electron chi connectivity index (χ3n) is 5.43. The number of benzene rings is 1. The number of likely N-dealkylation sites (tertiary alicyclic amines) is 1. The van der Waals surface area contributed by atoms with Gasteiger partial charge >= 0.3 is 6.36 Å². The number of hydrogen-bond donors (Lipinski definition) is 0. The highest BCUT2D eigenvalue weighted by atomic mass is 19.4. The zero-order valence-electron chi connectivity index (χ0n) is 16.9. The first-order chi connectivity index (χ1) is 14.8. The summed E-state index contributed by atoms with van der Waals surface area (Å²) in [5.74, 6) is 0.338. The van der Waals surface area contributed by atoms with E-state index in [9.17, 15) is 18.0 Å². The molecule has 10 heteroatoms. The van der Waals surface area contributed by atoms with Gasteiger partial charge in [0.05, 0.1) is 30.9 Å². The minimum Gasteiger partial charge on any atom is -0.494 e. The highest BCUT2D eigenvalue weighted by Gasteiger charge is 2.53. The first-order valence-electron chi connectivity index (χ1n) is 10.0. The highest BCUT2D eigenvalue weighted by Crippen LogP contribution is 2.38. The molecular formula is C21H22F3N3O4. The summed E-state index contributed by atoms with van der Waals surface area (Å²) in [6.45, 7) is 3.89. The number of carbonyl (C=O) groups excluding carboxylic acids is 1. The van der Waals surface area contributed by atoms with Crippen LogP contribution in [-0.4, -0.2) is 59.0 Å². The van der Waals surface area contributed by atoms with Gasteiger partial charge in [-0.25, -0.2) is 9.97 Å². The topological polar surface area (TPSA) is 73.8 Å². The van der Waals surface area contributed by atoms with Crippen molar-refractivity contribution in [2.75, 3.05) is 26.4 Å². The van der Waals surface area contributed by atoms with Crippen LogP contribution in [0.1, 0.15) is 35.1 Å². The molecule has 1 spiro atoms. The maximum absolute atomic E-state index is 12.6. The Morgan fingerprint density at radius 1 is 1.16 bits per heavy atom. The number of aryl methyl sites for hydroxylation is 2. The van der Waals surface area contributed by atoms with Crippen molar-refractivity contribution >= 4 is 5.91 Å². The first-order valence-corrected chi connectivity index (χ1v) is 10.0. The first kappa shape index (κ1) is 21.4. The molecule has 1 amide bonds. The quantitative estimate of drug-likeness (QED) is 0.663. The van der Waals surface area contributed by atoms with Gasteiger partial charge in [-0.05, 0) is 37.5 Å². The molecule has 0 N–H and O–H groups in total. The standard InChI is InChI=1S/C21H22F3N3O4/c1-2-30-16-7-14(8-17(9-16)31-21(22,23)24)3-4-18-25-10-15(11-26-18)19(28)27-6-5-20(27)12-29-13-20/h7-11H,2-6,12-13H2,1H3. The number of amides is 1. The Labute approximate surface area is 177 Å². The lowest BCUT2D eigenvalue weighted by Gasteiger charge is -2.57. The van der Waals surface area contributed by atoms with Gasteiger partial charge in [-0.3, -0.25) is 4.79 Å². The molecule has 0 atom stereocenters. The molecule has 1 aromatic heterocycles. The highest BCUT2D eigenvalue weighted by molar-refractivity contribution is 5.94. The monoisotopic (exact) mass is 437 g/mol. The largest absolute Gasteiger partial charge is 0.573 e. The van der Waals surface area contributed by atoms with Crippen molar-refractivity contribution in [1.29, 1.82) is 0 Å². The van der Waals surface area contributed by atoms with Crippen molar-refractivity contribution in [1.82, 2.24) is 14.9 Å². The van der Waals surface area contributed by atoms with Gasteiger partial charge in [0.25, 0.3) is 5.91 Å². The molecule has 31 heavy (non-hydrogen) atoms. The number of ether oxygens (including phenoxy) is 3. The van der Waals surface area contributed by atoms with Gasteiger partial charge in [0.1, 0.15) is 17.3 Å². The van der Waals surface area contributed by atoms with E-state index in [1.807, 2.05) is 0 Å². The van der Waals surface area contributed by atoms with Crippen molar-refractivity contribution in [2.24, 2.45) is 0 Å². The van der Waals surface area contributed by atoms with Gasteiger partial charge in [0.15, 0.2) is 0 Å². The number of hydrogen-bond acceptors (Lipinski definition) is 6. The molecule has 0 saturated carbocycles. The maximum atomic E-state index is 12.6. The molecule has 2 aromatic rings. The molecule has 0 unspecified atom stereocenters. The number of nitrogens with zero attached hydrogens (tertiary/aromatic N) is 3. The van der Waals surface area contributed by atoms with E-state index < -0.39 is 6.36 Å². The second-order valence-electron chi connectivity index (χ2n) is 7.61. The summed E-state index contributed by atoms with van der Waals surface area (Å²) in [4.78, 5) is 23.0. The van der Waals surface area contributed by atoms with Crippen molar-refractivity contribution < 1.29 is 32.2 Å². The predicted molar refractivity (Wildman–Crippen MR) is 103 cm³/mol. The van der Waals surface area contributed by atoms with E-state index in [2.05, 4.69) is 14.7 Å². The average Bonchev–Trinajstić information content (AvgIpc) is 2.63. The van der Waals surface area contributed by atoms with Crippen LogP contribution in [0.15, 0.2) is 30.6 Å². The second kappa shape index (κ2) is 8.33. The van der Waals surface area contributed by atoms with E-state index in [0.29, 0.717) is 61.9 Å². The molecule has 166 valence electrons. The zero-order valence-corrected chi connectivity index (χ0v) is 16.9. The van der Waals surface area contributed by atoms with E-state index in [1.165, 1.54) is 24.5 Å². The molecular weight excluding hydrogens is 415 g/mol. The van der Waals surface area contributed by atoms with Crippen LogP contribution in [0.5, 0.6) is 11.5 Å². The number of carbonyl (C=O) groups is 1. The predicted octanol–water partition coefficient (Wildman–Crippen LogP) is 3.17. The zero-order chi connectivity index (χ0) is 22.1. The molecule has 2 aliphatic rings. The van der Waals surface area contributed by atoms with Crippen LogP contribution in [0.25, 0.3) is 0 Å². The summed E-state index contributed by atoms with van der Waals surface area (Å²) in [6.07, 6.45) is -0.0885. The van der Waals surface area contributed by atoms with Gasteiger partial charge in [-0.15, -0.1) is 13.2 Å². The molecule has 7 nitrogen and oxygen atoms in total. The summed E-state index contributed by atoms with van der Waals surface area (Å²) in [7, 11) is 0. The number of rotatable bonds is 7. The van der Waals surface area contributed by atoms with Crippen molar-refractivity contribution in [3.8, 4) is 11.5 Å². The second-order valence-corrected chi connectivity index (χ2v) is 7.61. The van der Waals surface area contributed by atoms with Crippen molar-refractivity contribution in [2.45, 2.75) is 38.1 Å². The maximum Gasteiger partial charge on any atom is 0.573 e. The third-order valence-corrected chi connectivity index (χ3v) is 5.43. The lowest BCUT2D eigenvalue weighted by molar-refractivity contribution is -0.274. The van der Waals surface area contributed by atoms with Crippen LogP contribution in [-0.2, 0) is 17.6 Å². The SMILES string of the molecule is CCOc1cc(CCc2ncc(C(=O)N3CCC34COC4)cn2)cc(OC(F)(F)F)c1. The molecule has 0 bridgehead atoms. The lowest BCUT2D eigenvalue weighted by Crippen LogP contribution is -2.72. The third kappa shape index (κ3) is 4.73. The summed E-state index contributed by atoms with van der Waals surface area (Å²) >= 11 is 0. The fraction of sp³-hybridized carbons (Fsp3) is 0.476. The fourth-order valence-corrected chi connectivity index (χ4v) is 3.72. The van der Waals surface area contributed by atoms with Crippen LogP contribution >= 0.6 is 0 Å². The van der Waals surface area contributed by atoms with E-state index in [-0.39, 0.29) is 17.2 Å². The number of halogens is 3. The summed E-state index contributed by atoms with van der Waals surface area (Å²) in [5.41, 5.74) is 0.854. The lowest BCUT2D eigenvalue weighted by atomic mass is 9.82. The van der Waals surface area contributed by atoms with Crippen LogP contribution in [0.2, 0.25) is 0 Å². The van der Waals surface area contributed by atoms with E-state index in [0.717, 1.165) is 6.42 Å². The Kier molecular flexibility index (Phi) is 5.74. The number of aromatic nitrogens is 2. The van der Waals surface area contributed by atoms with Crippen LogP contribution < -0.4 is 9.47 Å². The van der Waals surface area contributed by atoms with Gasteiger partial charge in [0.2, 0.25) is 0 Å². The molecule has 2 fully saturated rings. The minimum atomic E-state index is -4.78. The van der Waals surface area contributed by atoms with Gasteiger partial charge < -0.3 is 19.1 Å². The Morgan fingerprint density at radius 3 is 2.42 bits per heavy atom. The molecule has 1 aromatic carbocycles. The molecule has 2 saturated heterocycles. The summed E-state index contributed by atoms with van der Waals surface area (Å²) < 4.78 is 52.4. The number of alkyl halides is 3.